The average Bonchev–Trinajstić information content (AvgIpc) is 2.28. The smallest absolute Gasteiger partial charge is 0.321 e. The number of urea groups is 1. The van der Waals surface area contributed by atoms with Crippen molar-refractivity contribution in [3.63, 3.8) is 0 Å². The summed E-state index contributed by atoms with van der Waals surface area (Å²) in [7, 11) is 0. The van der Waals surface area contributed by atoms with E-state index >= 15 is 0 Å². The van der Waals surface area contributed by atoms with Gasteiger partial charge in [-0.2, -0.15) is 0 Å². The second kappa shape index (κ2) is 7.73. The molecule has 2 atom stereocenters. The highest BCUT2D eigenvalue weighted by Gasteiger charge is 2.18. The number of carboxylic acid groups (broad SMARTS) is 1. The van der Waals surface area contributed by atoms with Crippen molar-refractivity contribution in [3.05, 3.63) is 0 Å². The summed E-state index contributed by atoms with van der Waals surface area (Å²) in [6.45, 7) is 2.81. The van der Waals surface area contributed by atoms with E-state index < -0.39 is 17.9 Å². The Bertz CT molecular complexity index is 339. The van der Waals surface area contributed by atoms with E-state index in [1.165, 1.54) is 0 Å². The minimum Gasteiger partial charge on any atom is -0.481 e. The minimum absolute atomic E-state index is 0.0148. The van der Waals surface area contributed by atoms with Crippen LogP contribution in [0.3, 0.4) is 0 Å². The lowest BCUT2D eigenvalue weighted by molar-refractivity contribution is -0.138. The van der Waals surface area contributed by atoms with Gasteiger partial charge in [-0.3, -0.25) is 14.9 Å². The normalized spacial score (nSPS) is 20.4. The number of amides is 3. The van der Waals surface area contributed by atoms with Gasteiger partial charge in [0.2, 0.25) is 5.91 Å². The summed E-state index contributed by atoms with van der Waals surface area (Å²) in [5.41, 5.74) is 0. The molecule has 1 rings (SSSR count). The second-order valence-corrected chi connectivity index (χ2v) is 4.84. The fourth-order valence-corrected chi connectivity index (χ4v) is 1.94. The third kappa shape index (κ3) is 6.76. The zero-order valence-electron chi connectivity index (χ0n) is 11.0. The number of carbonyl (C=O) groups is 3. The van der Waals surface area contributed by atoms with E-state index in [1.807, 2.05) is 0 Å². The highest BCUT2D eigenvalue weighted by Crippen LogP contribution is 2.07. The maximum Gasteiger partial charge on any atom is 0.321 e. The Morgan fingerprint density at radius 2 is 2.11 bits per heavy atom. The molecule has 0 aliphatic carbocycles. The van der Waals surface area contributed by atoms with Crippen LogP contribution in [0.4, 0.5) is 4.79 Å². The zero-order valence-corrected chi connectivity index (χ0v) is 11.0. The first-order chi connectivity index (χ1) is 8.97. The molecule has 0 bridgehead atoms. The largest absolute Gasteiger partial charge is 0.481 e. The Morgan fingerprint density at radius 3 is 2.68 bits per heavy atom. The summed E-state index contributed by atoms with van der Waals surface area (Å²) in [4.78, 5) is 33.5. The fourth-order valence-electron chi connectivity index (χ4n) is 1.94. The molecule has 1 aliphatic rings. The lowest BCUT2D eigenvalue weighted by Crippen LogP contribution is -2.47. The van der Waals surface area contributed by atoms with Crippen molar-refractivity contribution in [2.24, 2.45) is 5.92 Å². The summed E-state index contributed by atoms with van der Waals surface area (Å²) in [5.74, 6) is -1.73. The molecule has 0 radical (unpaired) electrons. The van der Waals surface area contributed by atoms with Crippen LogP contribution in [-0.4, -0.2) is 42.3 Å². The molecular weight excluding hydrogens is 252 g/mol. The third-order valence-corrected chi connectivity index (χ3v) is 2.81. The molecule has 1 fully saturated rings. The van der Waals surface area contributed by atoms with Crippen LogP contribution in [0.15, 0.2) is 0 Å². The lowest BCUT2D eigenvalue weighted by atomic mass is 10.0. The van der Waals surface area contributed by atoms with E-state index in [0.717, 1.165) is 12.8 Å². The second-order valence-electron chi connectivity index (χ2n) is 4.84. The van der Waals surface area contributed by atoms with Crippen molar-refractivity contribution in [2.75, 3.05) is 13.2 Å². The lowest BCUT2D eigenvalue weighted by Gasteiger charge is -2.23. The molecule has 1 aliphatic heterocycles. The molecule has 0 aromatic rings. The first-order valence-corrected chi connectivity index (χ1v) is 6.37. The molecule has 2 unspecified atom stereocenters. The van der Waals surface area contributed by atoms with Crippen LogP contribution in [0.1, 0.15) is 32.6 Å². The summed E-state index contributed by atoms with van der Waals surface area (Å²) < 4.78 is 5.20. The number of hydrogen-bond acceptors (Lipinski definition) is 4. The quantitative estimate of drug-likeness (QED) is 0.675. The molecular formula is C12H20N2O5. The highest BCUT2D eigenvalue weighted by molar-refractivity contribution is 5.94. The van der Waals surface area contributed by atoms with Gasteiger partial charge in [-0.1, -0.05) is 6.92 Å². The van der Waals surface area contributed by atoms with Crippen LogP contribution in [0.25, 0.3) is 0 Å². The molecule has 3 amide bonds. The average molecular weight is 272 g/mol. The molecule has 108 valence electrons. The Hall–Kier alpha value is -1.63. The number of ether oxygens (including phenoxy) is 1. The van der Waals surface area contributed by atoms with Crippen LogP contribution in [0, 0.1) is 5.92 Å². The summed E-state index contributed by atoms with van der Waals surface area (Å²) in [6.07, 6.45) is 1.64. The van der Waals surface area contributed by atoms with Crippen LogP contribution >= 0.6 is 0 Å². The van der Waals surface area contributed by atoms with E-state index in [-0.39, 0.29) is 24.8 Å². The molecule has 1 heterocycles. The van der Waals surface area contributed by atoms with E-state index in [2.05, 4.69) is 10.6 Å². The first kappa shape index (κ1) is 15.4. The third-order valence-electron chi connectivity index (χ3n) is 2.81. The predicted octanol–water partition coefficient (Wildman–Crippen LogP) is 0.492. The Morgan fingerprint density at radius 1 is 1.37 bits per heavy atom. The molecule has 0 aromatic carbocycles. The molecule has 3 N–H and O–H groups in total. The maximum atomic E-state index is 11.5. The van der Waals surface area contributed by atoms with Crippen molar-refractivity contribution in [2.45, 2.75) is 38.6 Å². The van der Waals surface area contributed by atoms with Crippen molar-refractivity contribution in [3.8, 4) is 0 Å². The van der Waals surface area contributed by atoms with Crippen LogP contribution in [0.5, 0.6) is 0 Å². The Labute approximate surface area is 111 Å². The van der Waals surface area contributed by atoms with Crippen LogP contribution in [0.2, 0.25) is 0 Å². The van der Waals surface area contributed by atoms with Gasteiger partial charge in [-0.15, -0.1) is 0 Å². The van der Waals surface area contributed by atoms with Gasteiger partial charge in [0, 0.05) is 19.4 Å². The van der Waals surface area contributed by atoms with E-state index in [1.54, 1.807) is 6.92 Å². The molecule has 19 heavy (non-hydrogen) atoms. The Balaban J connectivity index is 2.23. The molecule has 0 saturated carbocycles. The van der Waals surface area contributed by atoms with Crippen molar-refractivity contribution < 1.29 is 24.2 Å². The SMILES string of the molecule is CC(CC(=O)O)CC(=O)NC(=O)NC1CCCOC1. The number of rotatable bonds is 5. The topological polar surface area (TPSA) is 105 Å². The summed E-state index contributed by atoms with van der Waals surface area (Å²) >= 11 is 0. The van der Waals surface area contributed by atoms with Gasteiger partial charge in [0.25, 0.3) is 0 Å². The molecule has 7 heteroatoms. The van der Waals surface area contributed by atoms with Gasteiger partial charge in [-0.05, 0) is 18.8 Å². The number of carbonyl (C=O) groups excluding carboxylic acids is 2. The fraction of sp³-hybridized carbons (Fsp3) is 0.750. The van der Waals surface area contributed by atoms with Gasteiger partial charge >= 0.3 is 12.0 Å². The number of hydrogen-bond donors (Lipinski definition) is 3. The predicted molar refractivity (Wildman–Crippen MR) is 66.5 cm³/mol. The van der Waals surface area contributed by atoms with Crippen LogP contribution in [-0.2, 0) is 14.3 Å². The first-order valence-electron chi connectivity index (χ1n) is 6.37. The van der Waals surface area contributed by atoms with Gasteiger partial charge in [-0.25, -0.2) is 4.79 Å². The van der Waals surface area contributed by atoms with Crippen molar-refractivity contribution >= 4 is 17.9 Å². The van der Waals surface area contributed by atoms with E-state index in [4.69, 9.17) is 9.84 Å². The standard InChI is InChI=1S/C12H20N2O5/c1-8(6-11(16)17)5-10(15)14-12(18)13-9-3-2-4-19-7-9/h8-9H,2-7H2,1H3,(H,16,17)(H2,13,14,15,18). The molecule has 7 nitrogen and oxygen atoms in total. The van der Waals surface area contributed by atoms with Gasteiger partial charge in [0.05, 0.1) is 12.6 Å². The van der Waals surface area contributed by atoms with Crippen molar-refractivity contribution in [1.82, 2.24) is 10.6 Å². The summed E-state index contributed by atoms with van der Waals surface area (Å²) in [6, 6.07) is -0.624. The van der Waals surface area contributed by atoms with Gasteiger partial charge in [0.15, 0.2) is 0 Å². The zero-order chi connectivity index (χ0) is 14.3. The van der Waals surface area contributed by atoms with E-state index in [0.29, 0.717) is 13.2 Å². The van der Waals surface area contributed by atoms with Gasteiger partial charge in [0.1, 0.15) is 0 Å². The number of carboxylic acids is 1. The number of aliphatic carboxylic acids is 1. The van der Waals surface area contributed by atoms with Gasteiger partial charge < -0.3 is 15.2 Å². The van der Waals surface area contributed by atoms with Crippen LogP contribution < -0.4 is 10.6 Å². The Kier molecular flexibility index (Phi) is 6.27. The monoisotopic (exact) mass is 272 g/mol. The molecule has 0 spiro atoms. The highest BCUT2D eigenvalue weighted by atomic mass is 16.5. The minimum atomic E-state index is -0.955. The number of imide groups is 1. The summed E-state index contributed by atoms with van der Waals surface area (Å²) in [5, 5.41) is 13.4. The molecule has 0 aromatic heterocycles. The number of nitrogens with one attached hydrogen (secondary N) is 2. The van der Waals surface area contributed by atoms with Crippen molar-refractivity contribution in [1.29, 1.82) is 0 Å². The van der Waals surface area contributed by atoms with E-state index in [9.17, 15) is 14.4 Å². The maximum absolute atomic E-state index is 11.5. The molecule has 1 saturated heterocycles.